The summed E-state index contributed by atoms with van der Waals surface area (Å²) in [6.07, 6.45) is 1.65. The third-order valence-electron chi connectivity index (χ3n) is 4.00. The first-order valence-electron chi connectivity index (χ1n) is 7.64. The SMILES string of the molecule is Cc1nn(C)c(C)c1C(=O)Nc1ccn(Cc2c(F)cccc2Cl)n1. The van der Waals surface area contributed by atoms with Gasteiger partial charge in [-0.2, -0.15) is 10.2 Å². The zero-order valence-electron chi connectivity index (χ0n) is 14.0. The third kappa shape index (κ3) is 3.41. The van der Waals surface area contributed by atoms with Crippen LogP contribution in [0.25, 0.3) is 0 Å². The summed E-state index contributed by atoms with van der Waals surface area (Å²) in [7, 11) is 1.78. The topological polar surface area (TPSA) is 64.7 Å². The lowest BCUT2D eigenvalue weighted by molar-refractivity contribution is 0.102. The van der Waals surface area contributed by atoms with Crippen molar-refractivity contribution in [1.82, 2.24) is 19.6 Å². The normalized spacial score (nSPS) is 10.9. The summed E-state index contributed by atoms with van der Waals surface area (Å²) in [5, 5.41) is 11.6. The first kappa shape index (κ1) is 17.2. The number of amides is 1. The summed E-state index contributed by atoms with van der Waals surface area (Å²) >= 11 is 6.03. The van der Waals surface area contributed by atoms with E-state index in [4.69, 9.17) is 11.6 Å². The second-order valence-electron chi connectivity index (χ2n) is 5.72. The Balaban J connectivity index is 1.77. The fourth-order valence-electron chi connectivity index (χ4n) is 2.64. The van der Waals surface area contributed by atoms with Crippen molar-refractivity contribution < 1.29 is 9.18 Å². The lowest BCUT2D eigenvalue weighted by Gasteiger charge is -2.06. The van der Waals surface area contributed by atoms with Crippen LogP contribution in [0.4, 0.5) is 10.2 Å². The average Bonchev–Trinajstić information content (AvgIpc) is 3.08. The lowest BCUT2D eigenvalue weighted by Crippen LogP contribution is -2.15. The predicted molar refractivity (Wildman–Crippen MR) is 93.4 cm³/mol. The highest BCUT2D eigenvalue weighted by Gasteiger charge is 2.18. The summed E-state index contributed by atoms with van der Waals surface area (Å²) in [4.78, 5) is 12.5. The number of aromatic nitrogens is 4. The fraction of sp³-hybridized carbons (Fsp3) is 0.235. The zero-order chi connectivity index (χ0) is 18.1. The number of carbonyl (C=O) groups excluding carboxylic acids is 1. The molecule has 0 fully saturated rings. The monoisotopic (exact) mass is 361 g/mol. The summed E-state index contributed by atoms with van der Waals surface area (Å²) < 4.78 is 17.0. The van der Waals surface area contributed by atoms with Gasteiger partial charge in [0.1, 0.15) is 5.82 Å². The number of rotatable bonds is 4. The fourth-order valence-corrected chi connectivity index (χ4v) is 2.87. The molecule has 1 amide bonds. The Bertz CT molecular complexity index is 926. The number of hydrogen-bond acceptors (Lipinski definition) is 3. The molecule has 0 spiro atoms. The zero-order valence-corrected chi connectivity index (χ0v) is 14.8. The van der Waals surface area contributed by atoms with E-state index in [0.717, 1.165) is 5.69 Å². The number of nitrogens with zero attached hydrogens (tertiary/aromatic N) is 4. The van der Waals surface area contributed by atoms with E-state index in [9.17, 15) is 9.18 Å². The average molecular weight is 362 g/mol. The molecule has 0 saturated carbocycles. The van der Waals surface area contributed by atoms with Gasteiger partial charge in [0.05, 0.1) is 17.8 Å². The molecule has 0 saturated heterocycles. The molecule has 2 aromatic heterocycles. The molecule has 2 heterocycles. The molecular weight excluding hydrogens is 345 g/mol. The smallest absolute Gasteiger partial charge is 0.260 e. The summed E-state index contributed by atoms with van der Waals surface area (Å²) in [6.45, 7) is 3.78. The second kappa shape index (κ2) is 6.68. The Labute approximate surface area is 149 Å². The third-order valence-corrected chi connectivity index (χ3v) is 4.35. The standard InChI is InChI=1S/C17H17ClFN5O/c1-10-16(11(2)23(3)21-10)17(25)20-15-7-8-24(22-15)9-12-13(18)5-4-6-14(12)19/h4-8H,9H2,1-3H3,(H,20,22,25). The van der Waals surface area contributed by atoms with Crippen molar-refractivity contribution in [3.05, 3.63) is 63.8 Å². The van der Waals surface area contributed by atoms with Crippen LogP contribution >= 0.6 is 11.6 Å². The Morgan fingerprint density at radius 2 is 2.04 bits per heavy atom. The van der Waals surface area contributed by atoms with Crippen LogP contribution in [0.1, 0.15) is 27.3 Å². The Morgan fingerprint density at radius 1 is 1.28 bits per heavy atom. The number of anilines is 1. The molecular formula is C17H17ClFN5O. The van der Waals surface area contributed by atoms with E-state index in [1.807, 2.05) is 6.92 Å². The molecule has 0 aliphatic rings. The highest BCUT2D eigenvalue weighted by molar-refractivity contribution is 6.31. The molecule has 0 bridgehead atoms. The molecule has 1 N–H and O–H groups in total. The Kier molecular flexibility index (Phi) is 4.59. The van der Waals surface area contributed by atoms with E-state index in [0.29, 0.717) is 27.7 Å². The van der Waals surface area contributed by atoms with Crippen LogP contribution in [0.3, 0.4) is 0 Å². The highest BCUT2D eigenvalue weighted by atomic mass is 35.5. The number of benzene rings is 1. The van der Waals surface area contributed by atoms with Crippen molar-refractivity contribution in [1.29, 1.82) is 0 Å². The molecule has 6 nitrogen and oxygen atoms in total. The lowest BCUT2D eigenvalue weighted by atomic mass is 10.2. The molecule has 8 heteroatoms. The van der Waals surface area contributed by atoms with Crippen LogP contribution in [0, 0.1) is 19.7 Å². The van der Waals surface area contributed by atoms with Crippen molar-refractivity contribution in [2.45, 2.75) is 20.4 Å². The maximum Gasteiger partial charge on any atom is 0.260 e. The van der Waals surface area contributed by atoms with Gasteiger partial charge in [0, 0.05) is 35.6 Å². The van der Waals surface area contributed by atoms with Gasteiger partial charge in [-0.25, -0.2) is 4.39 Å². The first-order chi connectivity index (χ1) is 11.9. The number of aryl methyl sites for hydroxylation is 2. The van der Waals surface area contributed by atoms with Crippen molar-refractivity contribution in [2.24, 2.45) is 7.05 Å². The van der Waals surface area contributed by atoms with Gasteiger partial charge in [-0.3, -0.25) is 14.2 Å². The first-order valence-corrected chi connectivity index (χ1v) is 8.02. The van der Waals surface area contributed by atoms with Gasteiger partial charge in [0.25, 0.3) is 5.91 Å². The van der Waals surface area contributed by atoms with Crippen LogP contribution in [0.2, 0.25) is 5.02 Å². The van der Waals surface area contributed by atoms with Crippen molar-refractivity contribution >= 4 is 23.3 Å². The predicted octanol–water partition coefficient (Wildman–Crippen LogP) is 3.33. The molecule has 1 aromatic carbocycles. The molecule has 3 aromatic rings. The largest absolute Gasteiger partial charge is 0.305 e. The molecule has 0 radical (unpaired) electrons. The minimum atomic E-state index is -0.393. The van der Waals surface area contributed by atoms with Gasteiger partial charge in [-0.15, -0.1) is 0 Å². The van der Waals surface area contributed by atoms with Crippen LogP contribution in [0.15, 0.2) is 30.5 Å². The molecule has 0 atom stereocenters. The molecule has 0 unspecified atom stereocenters. The molecule has 3 rings (SSSR count). The van der Waals surface area contributed by atoms with Crippen LogP contribution in [-0.4, -0.2) is 25.5 Å². The van der Waals surface area contributed by atoms with Crippen molar-refractivity contribution in [2.75, 3.05) is 5.32 Å². The number of carbonyl (C=O) groups is 1. The molecule has 130 valence electrons. The minimum Gasteiger partial charge on any atom is -0.305 e. The maximum atomic E-state index is 13.9. The van der Waals surface area contributed by atoms with E-state index in [2.05, 4.69) is 15.5 Å². The van der Waals surface area contributed by atoms with E-state index >= 15 is 0 Å². The second-order valence-corrected chi connectivity index (χ2v) is 6.13. The number of hydrogen-bond donors (Lipinski definition) is 1. The summed E-state index contributed by atoms with van der Waals surface area (Å²) in [5.74, 6) is -0.299. The van der Waals surface area contributed by atoms with Gasteiger partial charge in [-0.05, 0) is 26.0 Å². The summed E-state index contributed by atoms with van der Waals surface area (Å²) in [6, 6.07) is 6.17. The quantitative estimate of drug-likeness (QED) is 0.775. The highest BCUT2D eigenvalue weighted by Crippen LogP contribution is 2.20. The Morgan fingerprint density at radius 3 is 2.68 bits per heavy atom. The van der Waals surface area contributed by atoms with Crippen molar-refractivity contribution in [3.63, 3.8) is 0 Å². The van der Waals surface area contributed by atoms with Crippen LogP contribution < -0.4 is 5.32 Å². The number of nitrogens with one attached hydrogen (secondary N) is 1. The minimum absolute atomic E-state index is 0.173. The summed E-state index contributed by atoms with van der Waals surface area (Å²) in [5.41, 5.74) is 2.29. The molecule has 25 heavy (non-hydrogen) atoms. The van der Waals surface area contributed by atoms with Crippen LogP contribution in [-0.2, 0) is 13.6 Å². The van der Waals surface area contributed by atoms with E-state index < -0.39 is 5.82 Å². The van der Waals surface area contributed by atoms with Gasteiger partial charge >= 0.3 is 0 Å². The van der Waals surface area contributed by atoms with E-state index in [-0.39, 0.29) is 12.5 Å². The van der Waals surface area contributed by atoms with Crippen LogP contribution in [0.5, 0.6) is 0 Å². The molecule has 0 aliphatic heterocycles. The maximum absolute atomic E-state index is 13.9. The van der Waals surface area contributed by atoms with E-state index in [1.165, 1.54) is 10.7 Å². The van der Waals surface area contributed by atoms with Gasteiger partial charge in [0.15, 0.2) is 5.82 Å². The Hall–Kier alpha value is -2.67. The van der Waals surface area contributed by atoms with Gasteiger partial charge < -0.3 is 5.32 Å². The van der Waals surface area contributed by atoms with Gasteiger partial charge in [-0.1, -0.05) is 17.7 Å². The molecule has 0 aliphatic carbocycles. The van der Waals surface area contributed by atoms with Gasteiger partial charge in [0.2, 0.25) is 0 Å². The number of halogens is 2. The van der Waals surface area contributed by atoms with Crippen molar-refractivity contribution in [3.8, 4) is 0 Å². The van der Waals surface area contributed by atoms with E-state index in [1.54, 1.807) is 43.0 Å².